The predicted octanol–water partition coefficient (Wildman–Crippen LogP) is 1.43. The maximum atomic E-state index is 12.4. The second-order valence-corrected chi connectivity index (χ2v) is 6.46. The van der Waals surface area contributed by atoms with Crippen LogP contribution in [0.1, 0.15) is 5.56 Å². The summed E-state index contributed by atoms with van der Waals surface area (Å²) in [7, 11) is 1.37. The van der Waals surface area contributed by atoms with Crippen molar-refractivity contribution in [2.45, 2.75) is 6.54 Å². The molecule has 0 atom stereocenters. The van der Waals surface area contributed by atoms with Gasteiger partial charge in [0.2, 0.25) is 0 Å². The topological polar surface area (TPSA) is 74.4 Å². The first kappa shape index (κ1) is 18.5. The van der Waals surface area contributed by atoms with Crippen molar-refractivity contribution in [1.29, 1.82) is 0 Å². The summed E-state index contributed by atoms with van der Waals surface area (Å²) in [5, 5.41) is 2.92. The fourth-order valence-electron chi connectivity index (χ4n) is 3.13. The third-order valence-electron chi connectivity index (χ3n) is 4.71. The number of hydrogen-bond acceptors (Lipinski definition) is 5. The monoisotopic (exact) mass is 362 g/mol. The minimum Gasteiger partial charge on any atom is -0.453 e. The van der Waals surface area contributed by atoms with E-state index in [9.17, 15) is 9.59 Å². The lowest BCUT2D eigenvalue weighted by molar-refractivity contribution is 0.0342. The highest BCUT2D eigenvalue weighted by Gasteiger charge is 2.24. The van der Waals surface area contributed by atoms with Crippen LogP contribution in [0.3, 0.4) is 0 Å². The molecule has 1 aromatic carbocycles. The Hall–Kier alpha value is -2.32. The van der Waals surface area contributed by atoms with Crippen molar-refractivity contribution in [1.82, 2.24) is 14.7 Å². The van der Waals surface area contributed by atoms with E-state index >= 15 is 0 Å². The number of carbonyl (C=O) groups is 2. The van der Waals surface area contributed by atoms with E-state index in [1.165, 1.54) is 12.7 Å². The Kier molecular flexibility index (Phi) is 6.30. The molecule has 1 aromatic rings. The summed E-state index contributed by atoms with van der Waals surface area (Å²) in [5.74, 6) is 0. The van der Waals surface area contributed by atoms with Crippen molar-refractivity contribution in [3.8, 4) is 0 Å². The summed E-state index contributed by atoms with van der Waals surface area (Å²) < 4.78 is 10.1. The van der Waals surface area contributed by atoms with Crippen molar-refractivity contribution >= 4 is 17.8 Å². The molecule has 8 nitrogen and oxygen atoms in total. The minimum atomic E-state index is -0.346. The van der Waals surface area contributed by atoms with Gasteiger partial charge in [0.25, 0.3) is 0 Å². The Morgan fingerprint density at radius 2 is 1.62 bits per heavy atom. The molecule has 3 amide bonds. The Labute approximate surface area is 153 Å². The van der Waals surface area contributed by atoms with Gasteiger partial charge in [-0.1, -0.05) is 12.1 Å². The van der Waals surface area contributed by atoms with Gasteiger partial charge in [0.15, 0.2) is 0 Å². The molecule has 2 fully saturated rings. The van der Waals surface area contributed by atoms with Crippen LogP contribution in [0.4, 0.5) is 15.3 Å². The molecule has 0 unspecified atom stereocenters. The minimum absolute atomic E-state index is 0.143. The third-order valence-corrected chi connectivity index (χ3v) is 4.71. The van der Waals surface area contributed by atoms with Crippen molar-refractivity contribution in [2.75, 3.05) is 64.9 Å². The van der Waals surface area contributed by atoms with Crippen LogP contribution in [0.25, 0.3) is 0 Å². The molecule has 0 radical (unpaired) electrons. The molecule has 142 valence electrons. The molecule has 0 aliphatic carbocycles. The lowest BCUT2D eigenvalue weighted by Gasteiger charge is -2.33. The molecule has 8 heteroatoms. The maximum absolute atomic E-state index is 12.4. The molecular formula is C18H26N4O4. The zero-order chi connectivity index (χ0) is 18.4. The molecule has 26 heavy (non-hydrogen) atoms. The van der Waals surface area contributed by atoms with Crippen LogP contribution in [0.5, 0.6) is 0 Å². The Morgan fingerprint density at radius 3 is 2.23 bits per heavy atom. The van der Waals surface area contributed by atoms with Crippen LogP contribution in [0.2, 0.25) is 0 Å². The van der Waals surface area contributed by atoms with Crippen molar-refractivity contribution in [2.24, 2.45) is 0 Å². The number of rotatable bonds is 3. The Morgan fingerprint density at radius 1 is 1.00 bits per heavy atom. The average molecular weight is 362 g/mol. The first-order valence-electron chi connectivity index (χ1n) is 8.93. The number of carbonyl (C=O) groups excluding carboxylic acids is 2. The lowest BCUT2D eigenvalue weighted by Crippen LogP contribution is -2.51. The van der Waals surface area contributed by atoms with Crippen molar-refractivity contribution < 1.29 is 19.1 Å². The van der Waals surface area contributed by atoms with Crippen LogP contribution in [-0.4, -0.2) is 86.4 Å². The highest BCUT2D eigenvalue weighted by atomic mass is 16.5. The standard InChI is InChI=1S/C18H26N4O4/c1-25-18(24)22-8-6-21(7-9-22)17(23)19-16-4-2-15(3-5-16)14-20-10-12-26-13-11-20/h2-5H,6-14H2,1H3,(H,19,23). The Balaban J connectivity index is 1.46. The zero-order valence-electron chi connectivity index (χ0n) is 15.1. The first-order chi connectivity index (χ1) is 12.7. The smallest absolute Gasteiger partial charge is 0.409 e. The van der Waals surface area contributed by atoms with Crippen LogP contribution >= 0.6 is 0 Å². The number of benzene rings is 1. The number of nitrogens with one attached hydrogen (secondary N) is 1. The first-order valence-corrected chi connectivity index (χ1v) is 8.93. The summed E-state index contributed by atoms with van der Waals surface area (Å²) in [5.41, 5.74) is 1.99. The number of methoxy groups -OCH3 is 1. The summed E-state index contributed by atoms with van der Waals surface area (Å²) in [6, 6.07) is 7.80. The number of morpholine rings is 1. The van der Waals surface area contributed by atoms with Crippen molar-refractivity contribution in [3.05, 3.63) is 29.8 Å². The lowest BCUT2D eigenvalue weighted by atomic mass is 10.2. The van der Waals surface area contributed by atoms with Crippen molar-refractivity contribution in [3.63, 3.8) is 0 Å². The van der Waals surface area contributed by atoms with Gasteiger partial charge < -0.3 is 24.6 Å². The summed E-state index contributed by atoms with van der Waals surface area (Å²) in [4.78, 5) is 29.5. The van der Waals surface area contributed by atoms with Gasteiger partial charge in [-0.25, -0.2) is 9.59 Å². The highest BCUT2D eigenvalue weighted by Crippen LogP contribution is 2.14. The van der Waals surface area contributed by atoms with Gasteiger partial charge >= 0.3 is 12.1 Å². The highest BCUT2D eigenvalue weighted by molar-refractivity contribution is 5.89. The molecular weight excluding hydrogens is 336 g/mol. The van der Waals surface area contributed by atoms with Gasteiger partial charge in [-0.2, -0.15) is 0 Å². The average Bonchev–Trinajstić information content (AvgIpc) is 2.70. The molecule has 0 bridgehead atoms. The predicted molar refractivity (Wildman–Crippen MR) is 97.1 cm³/mol. The molecule has 2 aliphatic rings. The summed E-state index contributed by atoms with van der Waals surface area (Å²) in [6.45, 7) is 6.34. The van der Waals surface area contributed by atoms with E-state index in [0.29, 0.717) is 26.2 Å². The second-order valence-electron chi connectivity index (χ2n) is 6.46. The van der Waals surface area contributed by atoms with E-state index in [2.05, 4.69) is 10.2 Å². The van der Waals surface area contributed by atoms with E-state index in [0.717, 1.165) is 38.5 Å². The SMILES string of the molecule is COC(=O)N1CCN(C(=O)Nc2ccc(CN3CCOCC3)cc2)CC1. The van der Waals surface area contributed by atoms with Crippen LogP contribution in [0, 0.1) is 0 Å². The molecule has 0 spiro atoms. The van der Waals surface area contributed by atoms with E-state index in [1.54, 1.807) is 9.80 Å². The second kappa shape index (κ2) is 8.86. The van der Waals surface area contributed by atoms with Gasteiger partial charge in [0, 0.05) is 51.5 Å². The number of anilines is 1. The normalized spacial score (nSPS) is 18.5. The fourth-order valence-corrected chi connectivity index (χ4v) is 3.13. The number of urea groups is 1. The van der Waals surface area contributed by atoms with Gasteiger partial charge in [0.1, 0.15) is 0 Å². The number of amides is 3. The van der Waals surface area contributed by atoms with Gasteiger partial charge in [0.05, 0.1) is 20.3 Å². The molecule has 0 aromatic heterocycles. The third kappa shape index (κ3) is 4.86. The molecule has 0 saturated carbocycles. The largest absolute Gasteiger partial charge is 0.453 e. The van der Waals surface area contributed by atoms with Gasteiger partial charge in [-0.3, -0.25) is 4.90 Å². The van der Waals surface area contributed by atoms with Gasteiger partial charge in [-0.05, 0) is 17.7 Å². The number of piperazine rings is 1. The van der Waals surface area contributed by atoms with Crippen LogP contribution in [-0.2, 0) is 16.0 Å². The molecule has 2 heterocycles. The maximum Gasteiger partial charge on any atom is 0.409 e. The molecule has 2 aliphatic heterocycles. The van der Waals surface area contributed by atoms with E-state index < -0.39 is 0 Å². The Bertz CT molecular complexity index is 608. The number of nitrogens with zero attached hydrogens (tertiary/aromatic N) is 3. The quantitative estimate of drug-likeness (QED) is 0.881. The van der Waals surface area contributed by atoms with E-state index in [-0.39, 0.29) is 12.1 Å². The molecule has 3 rings (SSSR count). The van der Waals surface area contributed by atoms with Gasteiger partial charge in [-0.15, -0.1) is 0 Å². The fraction of sp³-hybridized carbons (Fsp3) is 0.556. The van der Waals surface area contributed by atoms with E-state index in [4.69, 9.17) is 9.47 Å². The molecule has 1 N–H and O–H groups in total. The number of ether oxygens (including phenoxy) is 2. The summed E-state index contributed by atoms with van der Waals surface area (Å²) in [6.07, 6.45) is -0.346. The van der Waals surface area contributed by atoms with Crippen LogP contribution < -0.4 is 5.32 Å². The van der Waals surface area contributed by atoms with Crippen LogP contribution in [0.15, 0.2) is 24.3 Å². The van der Waals surface area contributed by atoms with E-state index in [1.807, 2.05) is 24.3 Å². The zero-order valence-corrected chi connectivity index (χ0v) is 15.1. The number of hydrogen-bond donors (Lipinski definition) is 1. The summed E-state index contributed by atoms with van der Waals surface area (Å²) >= 11 is 0. The molecule has 2 saturated heterocycles.